The van der Waals surface area contributed by atoms with Gasteiger partial charge < -0.3 is 14.8 Å². The average molecular weight is 453 g/mol. The molecule has 3 aromatic carbocycles. The summed E-state index contributed by atoms with van der Waals surface area (Å²) in [6, 6.07) is 16.8. The first kappa shape index (κ1) is 21.7. The molecule has 1 aliphatic rings. The van der Waals surface area contributed by atoms with E-state index in [4.69, 9.17) is 9.47 Å². The minimum atomic E-state index is -3.74. The van der Waals surface area contributed by atoms with Crippen molar-refractivity contribution in [2.45, 2.75) is 25.2 Å². The highest BCUT2D eigenvalue weighted by atomic mass is 32.2. The third-order valence-corrected chi connectivity index (χ3v) is 6.56. The number of carbonyl (C=O) groups excluding carboxylic acids is 1. The van der Waals surface area contributed by atoms with Crippen molar-refractivity contribution in [2.24, 2.45) is 0 Å². The molecule has 0 saturated heterocycles. The van der Waals surface area contributed by atoms with Gasteiger partial charge in [0.2, 0.25) is 0 Å². The largest absolute Gasteiger partial charge is 0.490 e. The van der Waals surface area contributed by atoms with Crippen molar-refractivity contribution in [3.8, 4) is 11.5 Å². The molecular formula is C24H24N2O5S. The van der Waals surface area contributed by atoms with Crippen molar-refractivity contribution in [1.29, 1.82) is 0 Å². The molecule has 0 atom stereocenters. The van der Waals surface area contributed by atoms with Crippen LogP contribution in [-0.4, -0.2) is 27.5 Å². The van der Waals surface area contributed by atoms with Gasteiger partial charge in [0.05, 0.1) is 18.1 Å². The first-order valence-electron chi connectivity index (χ1n) is 10.2. The standard InChI is InChI=1S/C24H24N2O5S/c1-16-4-5-17(2)23(14-16)32(28,29)26-19-8-6-18(7-9-19)24(27)25-20-10-11-21-22(15-20)31-13-3-12-30-21/h4-11,14-15,26H,3,12-13H2,1-2H3,(H,25,27). The Morgan fingerprint density at radius 3 is 2.28 bits per heavy atom. The van der Waals surface area contributed by atoms with Gasteiger partial charge in [0.15, 0.2) is 11.5 Å². The highest BCUT2D eigenvalue weighted by molar-refractivity contribution is 7.92. The van der Waals surface area contributed by atoms with Gasteiger partial charge in [-0.2, -0.15) is 0 Å². The molecule has 0 radical (unpaired) electrons. The summed E-state index contributed by atoms with van der Waals surface area (Å²) < 4.78 is 39.3. The zero-order valence-electron chi connectivity index (χ0n) is 17.8. The predicted octanol–water partition coefficient (Wildman–Crippen LogP) is 4.52. The molecule has 8 heteroatoms. The Labute approximate surface area is 187 Å². The summed E-state index contributed by atoms with van der Waals surface area (Å²) in [6.45, 7) is 4.75. The lowest BCUT2D eigenvalue weighted by Gasteiger charge is -2.12. The van der Waals surface area contributed by atoms with Crippen LogP contribution in [0.4, 0.5) is 11.4 Å². The molecule has 32 heavy (non-hydrogen) atoms. The summed E-state index contributed by atoms with van der Waals surface area (Å²) >= 11 is 0. The molecule has 0 unspecified atom stereocenters. The van der Waals surface area contributed by atoms with E-state index in [9.17, 15) is 13.2 Å². The van der Waals surface area contributed by atoms with Gasteiger partial charge in [0.1, 0.15) is 0 Å². The maximum atomic E-state index is 12.8. The molecule has 0 fully saturated rings. The van der Waals surface area contributed by atoms with E-state index in [2.05, 4.69) is 10.0 Å². The predicted molar refractivity (Wildman–Crippen MR) is 123 cm³/mol. The molecule has 166 valence electrons. The number of aryl methyl sites for hydroxylation is 2. The first-order valence-corrected chi connectivity index (χ1v) is 11.7. The Hall–Kier alpha value is -3.52. The zero-order valence-corrected chi connectivity index (χ0v) is 18.7. The van der Waals surface area contributed by atoms with Crippen molar-refractivity contribution in [3.63, 3.8) is 0 Å². The van der Waals surface area contributed by atoms with Gasteiger partial charge in [-0.25, -0.2) is 8.42 Å². The van der Waals surface area contributed by atoms with E-state index in [1.807, 2.05) is 13.0 Å². The van der Waals surface area contributed by atoms with Crippen LogP contribution in [0.1, 0.15) is 27.9 Å². The first-order chi connectivity index (χ1) is 15.3. The second-order valence-electron chi connectivity index (χ2n) is 7.62. The van der Waals surface area contributed by atoms with Crippen molar-refractivity contribution >= 4 is 27.3 Å². The number of amides is 1. The molecule has 7 nitrogen and oxygen atoms in total. The lowest BCUT2D eigenvalue weighted by molar-refractivity contribution is 0.102. The summed E-state index contributed by atoms with van der Waals surface area (Å²) in [7, 11) is -3.74. The number of benzene rings is 3. The summed E-state index contributed by atoms with van der Waals surface area (Å²) in [5.41, 5.74) is 2.87. The smallest absolute Gasteiger partial charge is 0.262 e. The number of hydrogen-bond acceptors (Lipinski definition) is 5. The Bertz CT molecular complexity index is 1250. The highest BCUT2D eigenvalue weighted by Gasteiger charge is 2.18. The van der Waals surface area contributed by atoms with Crippen LogP contribution in [0.15, 0.2) is 65.6 Å². The number of rotatable bonds is 5. The zero-order chi connectivity index (χ0) is 22.7. The SMILES string of the molecule is Cc1ccc(C)c(S(=O)(=O)Nc2ccc(C(=O)Nc3ccc4c(c3)OCCCO4)cc2)c1. The number of ether oxygens (including phenoxy) is 2. The number of fused-ring (bicyclic) bond motifs is 1. The minimum absolute atomic E-state index is 0.230. The summed E-state index contributed by atoms with van der Waals surface area (Å²) in [5, 5.41) is 2.82. The summed E-state index contributed by atoms with van der Waals surface area (Å²) in [4.78, 5) is 12.9. The van der Waals surface area contributed by atoms with Gasteiger partial charge >= 0.3 is 0 Å². The molecule has 4 rings (SSSR count). The third kappa shape index (κ3) is 4.86. The van der Waals surface area contributed by atoms with Gasteiger partial charge in [-0.1, -0.05) is 12.1 Å². The van der Waals surface area contributed by atoms with E-state index in [1.54, 1.807) is 61.5 Å². The van der Waals surface area contributed by atoms with E-state index < -0.39 is 10.0 Å². The quantitative estimate of drug-likeness (QED) is 0.594. The average Bonchev–Trinajstić information content (AvgIpc) is 3.00. The second kappa shape index (κ2) is 8.92. The van der Waals surface area contributed by atoms with Gasteiger partial charge in [-0.05, 0) is 67.4 Å². The molecule has 0 aromatic heterocycles. The Morgan fingerprint density at radius 2 is 1.53 bits per heavy atom. The maximum Gasteiger partial charge on any atom is 0.262 e. The monoisotopic (exact) mass is 452 g/mol. The minimum Gasteiger partial charge on any atom is -0.490 e. The summed E-state index contributed by atoms with van der Waals surface area (Å²) in [5.74, 6) is 0.931. The molecule has 2 N–H and O–H groups in total. The van der Waals surface area contributed by atoms with Crippen LogP contribution in [0, 0.1) is 13.8 Å². The number of nitrogens with one attached hydrogen (secondary N) is 2. The van der Waals surface area contributed by atoms with E-state index >= 15 is 0 Å². The molecule has 0 bridgehead atoms. The van der Waals surface area contributed by atoms with Crippen LogP contribution >= 0.6 is 0 Å². The van der Waals surface area contributed by atoms with Crippen LogP contribution in [0.2, 0.25) is 0 Å². The molecule has 0 saturated carbocycles. The lowest BCUT2D eigenvalue weighted by Crippen LogP contribution is -2.15. The van der Waals surface area contributed by atoms with E-state index in [0.29, 0.717) is 47.2 Å². The van der Waals surface area contributed by atoms with Crippen molar-refractivity contribution in [2.75, 3.05) is 23.3 Å². The molecule has 1 aliphatic heterocycles. The van der Waals surface area contributed by atoms with Crippen LogP contribution in [0.25, 0.3) is 0 Å². The Morgan fingerprint density at radius 1 is 0.844 bits per heavy atom. The number of sulfonamides is 1. The fourth-order valence-corrected chi connectivity index (χ4v) is 4.73. The highest BCUT2D eigenvalue weighted by Crippen LogP contribution is 2.32. The summed E-state index contributed by atoms with van der Waals surface area (Å²) in [6.07, 6.45) is 0.802. The molecule has 3 aromatic rings. The molecule has 1 heterocycles. The van der Waals surface area contributed by atoms with E-state index in [-0.39, 0.29) is 10.8 Å². The van der Waals surface area contributed by atoms with Crippen LogP contribution in [0.5, 0.6) is 11.5 Å². The lowest BCUT2D eigenvalue weighted by atomic mass is 10.2. The van der Waals surface area contributed by atoms with Crippen LogP contribution in [-0.2, 0) is 10.0 Å². The molecule has 0 spiro atoms. The van der Waals surface area contributed by atoms with E-state index in [1.165, 1.54) is 0 Å². The number of anilines is 2. The topological polar surface area (TPSA) is 93.7 Å². The fraction of sp³-hybridized carbons (Fsp3) is 0.208. The van der Waals surface area contributed by atoms with E-state index in [0.717, 1.165) is 12.0 Å². The second-order valence-corrected chi connectivity index (χ2v) is 9.27. The normalized spacial score (nSPS) is 13.2. The Kier molecular flexibility index (Phi) is 6.05. The third-order valence-electron chi connectivity index (χ3n) is 5.04. The van der Waals surface area contributed by atoms with Gasteiger partial charge in [-0.15, -0.1) is 0 Å². The number of carbonyl (C=O) groups is 1. The van der Waals surface area contributed by atoms with Crippen molar-refractivity contribution in [1.82, 2.24) is 0 Å². The van der Waals surface area contributed by atoms with Gasteiger partial charge in [-0.3, -0.25) is 9.52 Å². The molecular weight excluding hydrogens is 428 g/mol. The van der Waals surface area contributed by atoms with Crippen molar-refractivity contribution < 1.29 is 22.7 Å². The van der Waals surface area contributed by atoms with Crippen LogP contribution in [0.3, 0.4) is 0 Å². The Balaban J connectivity index is 1.46. The molecule has 1 amide bonds. The maximum absolute atomic E-state index is 12.8. The molecule has 0 aliphatic carbocycles. The van der Waals surface area contributed by atoms with Crippen molar-refractivity contribution in [3.05, 3.63) is 77.4 Å². The number of hydrogen-bond donors (Lipinski definition) is 2. The van der Waals surface area contributed by atoms with Gasteiger partial charge in [0, 0.05) is 29.4 Å². The fourth-order valence-electron chi connectivity index (χ4n) is 3.34. The van der Waals surface area contributed by atoms with Gasteiger partial charge in [0.25, 0.3) is 15.9 Å². The van der Waals surface area contributed by atoms with Crippen LogP contribution < -0.4 is 19.5 Å².